The number of ether oxygens (including phenoxy) is 2. The van der Waals surface area contributed by atoms with Gasteiger partial charge in [-0.15, -0.1) is 0 Å². The predicted molar refractivity (Wildman–Crippen MR) is 99.2 cm³/mol. The maximum absolute atomic E-state index is 11.8. The average molecular weight is 359 g/mol. The Kier molecular flexibility index (Phi) is 14.5. The Morgan fingerprint density at radius 2 is 1.32 bits per heavy atom. The number of rotatable bonds is 15. The van der Waals surface area contributed by atoms with Crippen LogP contribution in [0.2, 0.25) is 0 Å². The van der Waals surface area contributed by atoms with Crippen LogP contribution in [0, 0.1) is 11.8 Å². The molecule has 0 rings (SSSR count). The zero-order chi connectivity index (χ0) is 19.1. The van der Waals surface area contributed by atoms with E-state index in [1.165, 1.54) is 0 Å². The van der Waals surface area contributed by atoms with Gasteiger partial charge in [-0.25, -0.2) is 4.79 Å². The monoisotopic (exact) mass is 358 g/mol. The largest absolute Gasteiger partial charge is 0.465 e. The molecule has 0 aliphatic carbocycles. The number of unbranched alkanes of at least 4 members (excludes halogenated alkanes) is 2. The van der Waals surface area contributed by atoms with Crippen LogP contribution in [0.15, 0.2) is 0 Å². The van der Waals surface area contributed by atoms with Gasteiger partial charge in [0.05, 0.1) is 19.6 Å². The third-order valence-corrected chi connectivity index (χ3v) is 4.66. The molecule has 5 nitrogen and oxygen atoms in total. The molecular formula is C20H38O5. The molecule has 0 bridgehead atoms. The zero-order valence-corrected chi connectivity index (χ0v) is 16.6. The Balaban J connectivity index is 4.09. The highest BCUT2D eigenvalue weighted by Gasteiger charge is 2.23. The highest BCUT2D eigenvalue weighted by Crippen LogP contribution is 2.15. The second-order valence-corrected chi connectivity index (χ2v) is 6.87. The molecule has 25 heavy (non-hydrogen) atoms. The Morgan fingerprint density at radius 1 is 0.840 bits per heavy atom. The van der Waals surface area contributed by atoms with Crippen LogP contribution in [-0.2, 0) is 19.1 Å². The molecule has 5 heteroatoms. The van der Waals surface area contributed by atoms with Crippen LogP contribution in [0.5, 0.6) is 0 Å². The van der Waals surface area contributed by atoms with Crippen molar-refractivity contribution in [2.45, 2.75) is 91.6 Å². The predicted octanol–water partition coefficient (Wildman–Crippen LogP) is 4.26. The minimum atomic E-state index is -1.44. The molecule has 0 aromatic heterocycles. The van der Waals surface area contributed by atoms with E-state index in [0.717, 1.165) is 51.4 Å². The van der Waals surface area contributed by atoms with E-state index in [2.05, 4.69) is 27.7 Å². The summed E-state index contributed by atoms with van der Waals surface area (Å²) in [7, 11) is 0. The number of carbonyl (C=O) groups is 2. The van der Waals surface area contributed by atoms with Crippen molar-refractivity contribution in [1.82, 2.24) is 0 Å². The molecule has 0 aromatic carbocycles. The lowest BCUT2D eigenvalue weighted by molar-refractivity contribution is -0.161. The van der Waals surface area contributed by atoms with Gasteiger partial charge in [0.2, 0.25) is 0 Å². The molecule has 0 saturated carbocycles. The van der Waals surface area contributed by atoms with Crippen molar-refractivity contribution in [3.05, 3.63) is 0 Å². The SMILES string of the molecule is CCCC[C@@H](CC)COC(=O)C[C@@H](O)C(=O)OC[C@@H](CC)CCCC. The van der Waals surface area contributed by atoms with Crippen molar-refractivity contribution in [2.24, 2.45) is 11.8 Å². The van der Waals surface area contributed by atoms with Crippen LogP contribution >= 0.6 is 0 Å². The molecule has 0 fully saturated rings. The molecule has 1 N–H and O–H groups in total. The van der Waals surface area contributed by atoms with Crippen molar-refractivity contribution in [1.29, 1.82) is 0 Å². The minimum absolute atomic E-state index is 0.302. The summed E-state index contributed by atoms with van der Waals surface area (Å²) in [6.45, 7) is 9.04. The van der Waals surface area contributed by atoms with Crippen LogP contribution in [0.3, 0.4) is 0 Å². The normalized spacial score (nSPS) is 14.6. The van der Waals surface area contributed by atoms with E-state index < -0.39 is 18.0 Å². The summed E-state index contributed by atoms with van der Waals surface area (Å²) in [5.74, 6) is -0.619. The third-order valence-electron chi connectivity index (χ3n) is 4.66. The zero-order valence-electron chi connectivity index (χ0n) is 16.6. The van der Waals surface area contributed by atoms with Gasteiger partial charge in [-0.1, -0.05) is 66.2 Å². The molecule has 148 valence electrons. The maximum atomic E-state index is 11.8. The smallest absolute Gasteiger partial charge is 0.335 e. The molecule has 3 atom stereocenters. The molecule has 0 aromatic rings. The fourth-order valence-corrected chi connectivity index (χ4v) is 2.60. The number of aliphatic hydroxyl groups excluding tert-OH is 1. The quantitative estimate of drug-likeness (QED) is 0.443. The van der Waals surface area contributed by atoms with Gasteiger partial charge in [-0.3, -0.25) is 4.79 Å². The molecule has 0 heterocycles. The first-order chi connectivity index (χ1) is 12.0. The van der Waals surface area contributed by atoms with Gasteiger partial charge in [-0.05, 0) is 24.7 Å². The summed E-state index contributed by atoms with van der Waals surface area (Å²) in [6.07, 6.45) is 6.58. The van der Waals surface area contributed by atoms with Crippen LogP contribution in [0.1, 0.15) is 85.5 Å². The van der Waals surface area contributed by atoms with Crippen molar-refractivity contribution < 1.29 is 24.2 Å². The van der Waals surface area contributed by atoms with Gasteiger partial charge in [-0.2, -0.15) is 0 Å². The van der Waals surface area contributed by atoms with Crippen molar-refractivity contribution in [2.75, 3.05) is 13.2 Å². The summed E-state index contributed by atoms with van der Waals surface area (Å²) >= 11 is 0. The van der Waals surface area contributed by atoms with Gasteiger partial charge in [0.15, 0.2) is 6.10 Å². The molecular weight excluding hydrogens is 320 g/mol. The summed E-state index contributed by atoms with van der Waals surface area (Å²) in [4.78, 5) is 23.6. The molecule has 0 radical (unpaired) electrons. The third kappa shape index (κ3) is 12.0. The minimum Gasteiger partial charge on any atom is -0.465 e. The standard InChI is InChI=1S/C20H38O5/c1-5-9-11-16(7-3)14-24-19(22)13-18(21)20(23)25-15-17(8-4)12-10-6-2/h16-18,21H,5-15H2,1-4H3/t16-,17+,18-/m1/s1. The number of hydrogen-bond donors (Lipinski definition) is 1. The van der Waals surface area contributed by atoms with Crippen molar-refractivity contribution in [3.63, 3.8) is 0 Å². The number of carbonyl (C=O) groups excluding carboxylic acids is 2. The first-order valence-corrected chi connectivity index (χ1v) is 9.98. The Labute approximate surface area is 153 Å². The van der Waals surface area contributed by atoms with E-state index in [-0.39, 0.29) is 6.42 Å². The van der Waals surface area contributed by atoms with E-state index in [4.69, 9.17) is 9.47 Å². The fraction of sp³-hybridized carbons (Fsp3) is 0.900. The average Bonchev–Trinajstić information content (AvgIpc) is 2.61. The van der Waals surface area contributed by atoms with E-state index in [9.17, 15) is 14.7 Å². The molecule has 0 amide bonds. The summed E-state index contributed by atoms with van der Waals surface area (Å²) in [5.41, 5.74) is 0. The summed E-state index contributed by atoms with van der Waals surface area (Å²) in [5, 5.41) is 9.84. The maximum Gasteiger partial charge on any atom is 0.335 e. The van der Waals surface area contributed by atoms with E-state index >= 15 is 0 Å². The van der Waals surface area contributed by atoms with Crippen LogP contribution in [-0.4, -0.2) is 36.4 Å². The highest BCUT2D eigenvalue weighted by atomic mass is 16.6. The van der Waals surface area contributed by atoms with E-state index in [1.54, 1.807) is 0 Å². The van der Waals surface area contributed by atoms with Gasteiger partial charge in [0.25, 0.3) is 0 Å². The highest BCUT2D eigenvalue weighted by molar-refractivity contribution is 5.81. The summed E-state index contributed by atoms with van der Waals surface area (Å²) in [6, 6.07) is 0. The molecule has 0 aliphatic heterocycles. The van der Waals surface area contributed by atoms with Gasteiger partial charge in [0, 0.05) is 0 Å². The van der Waals surface area contributed by atoms with Crippen molar-refractivity contribution in [3.8, 4) is 0 Å². The van der Waals surface area contributed by atoms with Crippen LogP contribution in [0.25, 0.3) is 0 Å². The Morgan fingerprint density at radius 3 is 1.76 bits per heavy atom. The lowest BCUT2D eigenvalue weighted by atomic mass is 10.0. The first kappa shape index (κ1) is 23.9. The second kappa shape index (κ2) is 15.2. The molecule has 0 aliphatic rings. The van der Waals surface area contributed by atoms with Gasteiger partial charge < -0.3 is 14.6 Å². The lowest BCUT2D eigenvalue weighted by Crippen LogP contribution is -2.29. The van der Waals surface area contributed by atoms with E-state index in [0.29, 0.717) is 25.0 Å². The Bertz CT molecular complexity index is 356. The van der Waals surface area contributed by atoms with Gasteiger partial charge >= 0.3 is 11.9 Å². The van der Waals surface area contributed by atoms with Crippen LogP contribution in [0.4, 0.5) is 0 Å². The molecule has 0 unspecified atom stereocenters. The first-order valence-electron chi connectivity index (χ1n) is 9.98. The fourth-order valence-electron chi connectivity index (χ4n) is 2.60. The summed E-state index contributed by atoms with van der Waals surface area (Å²) < 4.78 is 10.4. The molecule has 0 spiro atoms. The Hall–Kier alpha value is -1.10. The van der Waals surface area contributed by atoms with Crippen molar-refractivity contribution >= 4 is 11.9 Å². The molecule has 0 saturated heterocycles. The second-order valence-electron chi connectivity index (χ2n) is 6.87. The number of hydrogen-bond acceptors (Lipinski definition) is 5. The lowest BCUT2D eigenvalue weighted by Gasteiger charge is -2.17. The van der Waals surface area contributed by atoms with E-state index in [1.807, 2.05) is 0 Å². The number of aliphatic hydroxyl groups is 1. The number of esters is 2. The topological polar surface area (TPSA) is 72.8 Å². The van der Waals surface area contributed by atoms with Crippen LogP contribution < -0.4 is 0 Å². The van der Waals surface area contributed by atoms with Gasteiger partial charge in [0.1, 0.15) is 0 Å².